The van der Waals surface area contributed by atoms with Gasteiger partial charge in [-0.05, 0) is 44.4 Å². The first-order valence-electron chi connectivity index (χ1n) is 7.21. The number of amides is 1. The van der Waals surface area contributed by atoms with Crippen molar-refractivity contribution in [3.63, 3.8) is 0 Å². The van der Waals surface area contributed by atoms with Gasteiger partial charge in [0.2, 0.25) is 5.91 Å². The van der Waals surface area contributed by atoms with Crippen molar-refractivity contribution in [1.29, 1.82) is 0 Å². The van der Waals surface area contributed by atoms with E-state index >= 15 is 0 Å². The molecule has 1 aromatic rings. The molecule has 0 aromatic heterocycles. The second-order valence-corrected chi connectivity index (χ2v) is 5.59. The maximum Gasteiger partial charge on any atom is 0.223 e. The van der Waals surface area contributed by atoms with Crippen LogP contribution in [0.3, 0.4) is 0 Å². The van der Waals surface area contributed by atoms with E-state index in [1.807, 2.05) is 20.8 Å². The van der Waals surface area contributed by atoms with Crippen LogP contribution in [-0.4, -0.2) is 11.9 Å². The van der Waals surface area contributed by atoms with Gasteiger partial charge < -0.3 is 11.1 Å². The van der Waals surface area contributed by atoms with Crippen LogP contribution in [0.15, 0.2) is 24.3 Å². The van der Waals surface area contributed by atoms with E-state index in [2.05, 4.69) is 5.32 Å². The van der Waals surface area contributed by atoms with Crippen molar-refractivity contribution in [3.05, 3.63) is 35.6 Å². The van der Waals surface area contributed by atoms with Crippen LogP contribution in [0.5, 0.6) is 0 Å². The quantitative estimate of drug-likeness (QED) is 0.806. The van der Waals surface area contributed by atoms with Gasteiger partial charge >= 0.3 is 0 Å². The maximum atomic E-state index is 12.8. The minimum atomic E-state index is -0.267. The summed E-state index contributed by atoms with van der Waals surface area (Å²) in [6, 6.07) is 6.28. The molecule has 2 unspecified atom stereocenters. The Morgan fingerprint density at radius 2 is 1.80 bits per heavy atom. The third kappa shape index (κ3) is 5.70. The highest BCUT2D eigenvalue weighted by Crippen LogP contribution is 2.15. The molecule has 0 heterocycles. The Morgan fingerprint density at radius 1 is 1.20 bits per heavy atom. The van der Waals surface area contributed by atoms with Gasteiger partial charge in [-0.3, -0.25) is 4.79 Å². The van der Waals surface area contributed by atoms with Gasteiger partial charge in [0.05, 0.1) is 6.04 Å². The lowest BCUT2D eigenvalue weighted by atomic mass is 10.0. The zero-order valence-corrected chi connectivity index (χ0v) is 12.5. The lowest BCUT2D eigenvalue weighted by Gasteiger charge is -2.18. The highest BCUT2D eigenvalue weighted by atomic mass is 19.1. The number of carbonyl (C=O) groups is 1. The Bertz CT molecular complexity index is 417. The van der Waals surface area contributed by atoms with Crippen molar-refractivity contribution < 1.29 is 9.18 Å². The number of carbonyl (C=O) groups excluding carboxylic acids is 1. The van der Waals surface area contributed by atoms with Crippen LogP contribution in [0.25, 0.3) is 0 Å². The monoisotopic (exact) mass is 280 g/mol. The molecule has 0 spiro atoms. The van der Waals surface area contributed by atoms with E-state index in [9.17, 15) is 9.18 Å². The molecule has 3 N–H and O–H groups in total. The molecule has 1 aromatic carbocycles. The van der Waals surface area contributed by atoms with E-state index in [0.29, 0.717) is 0 Å². The molecule has 1 rings (SSSR count). The molecular weight excluding hydrogens is 255 g/mol. The third-order valence-electron chi connectivity index (χ3n) is 3.47. The first-order valence-corrected chi connectivity index (χ1v) is 7.21. The molecule has 0 radical (unpaired) electrons. The summed E-state index contributed by atoms with van der Waals surface area (Å²) in [7, 11) is 0. The second kappa shape index (κ2) is 8.00. The molecule has 0 aliphatic rings. The topological polar surface area (TPSA) is 55.1 Å². The fraction of sp³-hybridized carbons (Fsp3) is 0.562. The van der Waals surface area contributed by atoms with E-state index in [-0.39, 0.29) is 29.7 Å². The number of hydrogen-bond acceptors (Lipinski definition) is 2. The lowest BCUT2D eigenvalue weighted by Crippen LogP contribution is -2.31. The first-order chi connectivity index (χ1) is 9.40. The molecule has 0 bridgehead atoms. The predicted octanol–water partition coefficient (Wildman–Crippen LogP) is 3.16. The Morgan fingerprint density at radius 3 is 2.35 bits per heavy atom. The summed E-state index contributed by atoms with van der Waals surface area (Å²) in [5.74, 6) is -0.264. The minimum absolute atomic E-state index is 0.0309. The Labute approximate surface area is 120 Å². The SMILES string of the molecule is CC(N)CCCC(C)C(=O)N[C@@H](C)c1ccc(F)cc1. The van der Waals surface area contributed by atoms with E-state index in [0.717, 1.165) is 24.8 Å². The second-order valence-electron chi connectivity index (χ2n) is 5.59. The van der Waals surface area contributed by atoms with E-state index in [1.165, 1.54) is 12.1 Å². The fourth-order valence-electron chi connectivity index (χ4n) is 2.07. The molecule has 1 amide bonds. The summed E-state index contributed by atoms with van der Waals surface area (Å²) in [5, 5.41) is 2.96. The summed E-state index contributed by atoms with van der Waals surface area (Å²) in [5.41, 5.74) is 6.60. The smallest absolute Gasteiger partial charge is 0.223 e. The molecule has 0 fully saturated rings. The number of benzene rings is 1. The fourth-order valence-corrected chi connectivity index (χ4v) is 2.07. The molecule has 112 valence electrons. The summed E-state index contributed by atoms with van der Waals surface area (Å²) < 4.78 is 12.8. The molecule has 20 heavy (non-hydrogen) atoms. The average Bonchev–Trinajstić information content (AvgIpc) is 2.38. The van der Waals surface area contributed by atoms with Crippen molar-refractivity contribution in [3.8, 4) is 0 Å². The highest BCUT2D eigenvalue weighted by molar-refractivity contribution is 5.78. The predicted molar refractivity (Wildman–Crippen MR) is 79.6 cm³/mol. The van der Waals surface area contributed by atoms with E-state index in [4.69, 9.17) is 5.73 Å². The van der Waals surface area contributed by atoms with E-state index in [1.54, 1.807) is 12.1 Å². The van der Waals surface area contributed by atoms with E-state index < -0.39 is 0 Å². The Balaban J connectivity index is 2.42. The third-order valence-corrected chi connectivity index (χ3v) is 3.47. The van der Waals surface area contributed by atoms with Crippen molar-refractivity contribution in [1.82, 2.24) is 5.32 Å². The summed E-state index contributed by atoms with van der Waals surface area (Å²) in [4.78, 5) is 12.1. The van der Waals surface area contributed by atoms with Crippen LogP contribution in [0.2, 0.25) is 0 Å². The molecule has 0 aliphatic heterocycles. The van der Waals surface area contributed by atoms with Gasteiger partial charge in [0, 0.05) is 12.0 Å². The van der Waals surface area contributed by atoms with Gasteiger partial charge in [-0.1, -0.05) is 25.5 Å². The van der Waals surface area contributed by atoms with Gasteiger partial charge in [-0.15, -0.1) is 0 Å². The van der Waals surface area contributed by atoms with Crippen LogP contribution >= 0.6 is 0 Å². The zero-order valence-electron chi connectivity index (χ0n) is 12.5. The van der Waals surface area contributed by atoms with Crippen molar-refractivity contribution in [2.24, 2.45) is 11.7 Å². The lowest BCUT2D eigenvalue weighted by molar-refractivity contribution is -0.125. The van der Waals surface area contributed by atoms with Gasteiger partial charge in [0.25, 0.3) is 0 Å². The number of halogens is 1. The van der Waals surface area contributed by atoms with Crippen LogP contribution in [0, 0.1) is 11.7 Å². The summed E-state index contributed by atoms with van der Waals surface area (Å²) >= 11 is 0. The molecule has 0 aliphatic carbocycles. The van der Waals surface area contributed by atoms with Crippen molar-refractivity contribution in [2.75, 3.05) is 0 Å². The number of nitrogens with two attached hydrogens (primary N) is 1. The number of hydrogen-bond donors (Lipinski definition) is 2. The Kier molecular flexibility index (Phi) is 6.65. The van der Waals surface area contributed by atoms with Gasteiger partial charge in [-0.2, -0.15) is 0 Å². The van der Waals surface area contributed by atoms with Crippen molar-refractivity contribution >= 4 is 5.91 Å². The maximum absolute atomic E-state index is 12.8. The number of rotatable bonds is 7. The molecule has 3 atom stereocenters. The average molecular weight is 280 g/mol. The van der Waals surface area contributed by atoms with Crippen LogP contribution in [0.4, 0.5) is 4.39 Å². The molecule has 0 saturated carbocycles. The van der Waals surface area contributed by atoms with Gasteiger partial charge in [0.15, 0.2) is 0 Å². The summed E-state index contributed by atoms with van der Waals surface area (Å²) in [6.07, 6.45) is 2.73. The first kappa shape index (κ1) is 16.6. The molecule has 4 heteroatoms. The number of nitrogens with one attached hydrogen (secondary N) is 1. The standard InChI is InChI=1S/C16H25FN2O/c1-11(5-4-6-12(2)18)16(20)19-13(3)14-7-9-15(17)10-8-14/h7-13H,4-6,18H2,1-3H3,(H,19,20)/t11?,12?,13-/m0/s1. The van der Waals surface area contributed by atoms with Gasteiger partial charge in [0.1, 0.15) is 5.82 Å². The molecule has 3 nitrogen and oxygen atoms in total. The molecular formula is C16H25FN2O. The normalized spacial score (nSPS) is 15.4. The molecule has 0 saturated heterocycles. The highest BCUT2D eigenvalue weighted by Gasteiger charge is 2.16. The largest absolute Gasteiger partial charge is 0.349 e. The van der Waals surface area contributed by atoms with Crippen LogP contribution < -0.4 is 11.1 Å². The zero-order chi connectivity index (χ0) is 15.1. The minimum Gasteiger partial charge on any atom is -0.349 e. The van der Waals surface area contributed by atoms with Crippen LogP contribution in [-0.2, 0) is 4.79 Å². The summed E-state index contributed by atoms with van der Waals surface area (Å²) in [6.45, 7) is 5.80. The van der Waals surface area contributed by atoms with Crippen LogP contribution in [0.1, 0.15) is 51.6 Å². The van der Waals surface area contributed by atoms with Gasteiger partial charge in [-0.25, -0.2) is 4.39 Å². The van der Waals surface area contributed by atoms with Crippen molar-refractivity contribution in [2.45, 2.75) is 52.1 Å². The Hall–Kier alpha value is -1.42.